The van der Waals surface area contributed by atoms with Crippen LogP contribution in [0.5, 0.6) is 5.75 Å². The van der Waals surface area contributed by atoms with Crippen molar-refractivity contribution in [1.29, 1.82) is 0 Å². The zero-order valence-corrected chi connectivity index (χ0v) is 8.01. The molecule has 0 saturated heterocycles. The number of benzene rings is 1. The number of nitrogens with zero attached hydrogens (tertiary/aromatic N) is 1. The fourth-order valence-corrected chi connectivity index (χ4v) is 1.24. The Morgan fingerprint density at radius 2 is 2.07 bits per heavy atom. The van der Waals surface area contributed by atoms with Gasteiger partial charge in [0.15, 0.2) is 5.82 Å². The smallest absolute Gasteiger partial charge is 0.153 e. The number of nitrogens with two attached hydrogens (primary N) is 1. The van der Waals surface area contributed by atoms with E-state index in [1.165, 1.54) is 0 Å². The molecule has 76 valence electrons. The predicted octanol–water partition coefficient (Wildman–Crippen LogP) is 2.11. The van der Waals surface area contributed by atoms with E-state index in [1.54, 1.807) is 36.5 Å². The Morgan fingerprint density at radius 1 is 1.20 bits per heavy atom. The Labute approximate surface area is 87.4 Å². The summed E-state index contributed by atoms with van der Waals surface area (Å²) in [5.41, 5.74) is 7.04. The highest BCUT2D eigenvalue weighted by Gasteiger charge is 1.99. The molecule has 0 unspecified atom stereocenters. The van der Waals surface area contributed by atoms with E-state index < -0.39 is 0 Å². The van der Waals surface area contributed by atoms with Gasteiger partial charge >= 0.3 is 0 Å². The molecule has 0 aliphatic rings. The first-order valence-corrected chi connectivity index (χ1v) is 4.52. The lowest BCUT2D eigenvalue weighted by molar-refractivity contribution is 0.475. The molecule has 0 bridgehead atoms. The highest BCUT2D eigenvalue weighted by Crippen LogP contribution is 2.22. The van der Waals surface area contributed by atoms with E-state index >= 15 is 0 Å². The monoisotopic (exact) mass is 201 g/mol. The van der Waals surface area contributed by atoms with Gasteiger partial charge in [-0.25, -0.2) is 4.98 Å². The number of hydrogen-bond donors (Lipinski definition) is 3. The first kappa shape index (κ1) is 9.33. The molecule has 4 heteroatoms. The molecule has 0 aliphatic carbocycles. The van der Waals surface area contributed by atoms with Gasteiger partial charge in [-0.15, -0.1) is 0 Å². The SMILES string of the molecule is Nc1cccnc1Nc1cccc(O)c1. The van der Waals surface area contributed by atoms with E-state index in [1.807, 2.05) is 6.07 Å². The first-order valence-electron chi connectivity index (χ1n) is 4.52. The number of pyridine rings is 1. The maximum atomic E-state index is 9.27. The minimum atomic E-state index is 0.203. The van der Waals surface area contributed by atoms with Crippen molar-refractivity contribution in [2.75, 3.05) is 11.1 Å². The lowest BCUT2D eigenvalue weighted by Gasteiger charge is -2.07. The minimum Gasteiger partial charge on any atom is -0.508 e. The van der Waals surface area contributed by atoms with E-state index in [-0.39, 0.29) is 5.75 Å². The molecular weight excluding hydrogens is 190 g/mol. The number of aromatic hydroxyl groups is 1. The summed E-state index contributed by atoms with van der Waals surface area (Å²) in [7, 11) is 0. The van der Waals surface area contributed by atoms with E-state index in [4.69, 9.17) is 5.73 Å². The second-order valence-corrected chi connectivity index (χ2v) is 3.12. The molecule has 0 amide bonds. The van der Waals surface area contributed by atoms with Crippen LogP contribution >= 0.6 is 0 Å². The van der Waals surface area contributed by atoms with Crippen molar-refractivity contribution in [3.05, 3.63) is 42.6 Å². The molecule has 4 N–H and O–H groups in total. The van der Waals surface area contributed by atoms with Crippen LogP contribution in [0.15, 0.2) is 42.6 Å². The van der Waals surface area contributed by atoms with E-state index in [0.29, 0.717) is 11.5 Å². The van der Waals surface area contributed by atoms with E-state index in [2.05, 4.69) is 10.3 Å². The Hall–Kier alpha value is -2.23. The molecule has 1 aromatic heterocycles. The van der Waals surface area contributed by atoms with Crippen LogP contribution in [0.1, 0.15) is 0 Å². The highest BCUT2D eigenvalue weighted by atomic mass is 16.3. The van der Waals surface area contributed by atoms with Gasteiger partial charge in [0.1, 0.15) is 5.75 Å². The largest absolute Gasteiger partial charge is 0.508 e. The average molecular weight is 201 g/mol. The maximum absolute atomic E-state index is 9.27. The number of phenols is 1. The summed E-state index contributed by atoms with van der Waals surface area (Å²) in [6, 6.07) is 10.3. The molecule has 4 nitrogen and oxygen atoms in total. The fraction of sp³-hybridized carbons (Fsp3) is 0. The molecule has 0 spiro atoms. The molecule has 15 heavy (non-hydrogen) atoms. The van der Waals surface area contributed by atoms with Gasteiger partial charge < -0.3 is 16.2 Å². The average Bonchev–Trinajstić information content (AvgIpc) is 2.22. The summed E-state index contributed by atoms with van der Waals surface area (Å²) < 4.78 is 0. The Balaban J connectivity index is 2.26. The number of anilines is 3. The molecule has 0 atom stereocenters. The van der Waals surface area contributed by atoms with Gasteiger partial charge in [-0.1, -0.05) is 6.07 Å². The van der Waals surface area contributed by atoms with E-state index in [9.17, 15) is 5.11 Å². The van der Waals surface area contributed by atoms with Gasteiger partial charge in [0.2, 0.25) is 0 Å². The number of nitrogens with one attached hydrogen (secondary N) is 1. The first-order chi connectivity index (χ1) is 7.25. The van der Waals surface area contributed by atoms with Crippen LogP contribution in [0.25, 0.3) is 0 Å². The Bertz CT molecular complexity index is 471. The number of hydrogen-bond acceptors (Lipinski definition) is 4. The minimum absolute atomic E-state index is 0.203. The van der Waals surface area contributed by atoms with Crippen LogP contribution in [0.4, 0.5) is 17.2 Å². The second-order valence-electron chi connectivity index (χ2n) is 3.12. The summed E-state index contributed by atoms with van der Waals surface area (Å²) in [4.78, 5) is 4.09. The third-order valence-corrected chi connectivity index (χ3v) is 1.95. The molecule has 2 aromatic rings. The predicted molar refractivity (Wildman–Crippen MR) is 60.0 cm³/mol. The molecule has 1 aromatic carbocycles. The van der Waals surface area contributed by atoms with Crippen molar-refractivity contribution in [3.8, 4) is 5.75 Å². The zero-order valence-electron chi connectivity index (χ0n) is 8.01. The van der Waals surface area contributed by atoms with Crippen molar-refractivity contribution in [3.63, 3.8) is 0 Å². The summed E-state index contributed by atoms with van der Waals surface area (Å²) in [6.07, 6.45) is 1.65. The topological polar surface area (TPSA) is 71.2 Å². The highest BCUT2D eigenvalue weighted by molar-refractivity contribution is 5.68. The number of phenolic OH excluding ortho intramolecular Hbond substituents is 1. The molecule has 2 rings (SSSR count). The molecule has 0 aliphatic heterocycles. The van der Waals surface area contributed by atoms with Crippen LogP contribution in [-0.2, 0) is 0 Å². The van der Waals surface area contributed by atoms with Crippen molar-refractivity contribution >= 4 is 17.2 Å². The summed E-state index contributed by atoms with van der Waals surface area (Å²) in [6.45, 7) is 0. The Morgan fingerprint density at radius 3 is 2.80 bits per heavy atom. The third-order valence-electron chi connectivity index (χ3n) is 1.95. The van der Waals surface area contributed by atoms with Crippen molar-refractivity contribution in [2.45, 2.75) is 0 Å². The van der Waals surface area contributed by atoms with E-state index in [0.717, 1.165) is 5.69 Å². The molecule has 0 saturated carbocycles. The van der Waals surface area contributed by atoms with Crippen LogP contribution in [0, 0.1) is 0 Å². The zero-order chi connectivity index (χ0) is 10.7. The molecule has 0 fully saturated rings. The van der Waals surface area contributed by atoms with Gasteiger partial charge in [0, 0.05) is 18.0 Å². The summed E-state index contributed by atoms with van der Waals surface area (Å²) >= 11 is 0. The molecule has 1 heterocycles. The van der Waals surface area contributed by atoms with Crippen molar-refractivity contribution in [2.24, 2.45) is 0 Å². The summed E-state index contributed by atoms with van der Waals surface area (Å²) in [5.74, 6) is 0.789. The van der Waals surface area contributed by atoms with Gasteiger partial charge in [-0.05, 0) is 24.3 Å². The van der Waals surface area contributed by atoms with Gasteiger partial charge in [-0.2, -0.15) is 0 Å². The van der Waals surface area contributed by atoms with Gasteiger partial charge in [0.05, 0.1) is 5.69 Å². The lowest BCUT2D eigenvalue weighted by Crippen LogP contribution is -1.98. The maximum Gasteiger partial charge on any atom is 0.153 e. The van der Waals surface area contributed by atoms with Gasteiger partial charge in [0.25, 0.3) is 0 Å². The number of aromatic nitrogens is 1. The van der Waals surface area contributed by atoms with Crippen LogP contribution in [0.3, 0.4) is 0 Å². The van der Waals surface area contributed by atoms with Gasteiger partial charge in [-0.3, -0.25) is 0 Å². The standard InChI is InChI=1S/C11H11N3O/c12-10-5-2-6-13-11(10)14-8-3-1-4-9(15)7-8/h1-7,15H,12H2,(H,13,14). The molecule has 0 radical (unpaired) electrons. The fourth-order valence-electron chi connectivity index (χ4n) is 1.24. The quantitative estimate of drug-likeness (QED) is 0.696. The van der Waals surface area contributed by atoms with Crippen LogP contribution in [0.2, 0.25) is 0 Å². The lowest BCUT2D eigenvalue weighted by atomic mass is 10.3. The normalized spacial score (nSPS) is 9.87. The van der Waals surface area contributed by atoms with Crippen molar-refractivity contribution in [1.82, 2.24) is 4.98 Å². The second kappa shape index (κ2) is 3.88. The summed E-state index contributed by atoms with van der Waals surface area (Å²) in [5, 5.41) is 12.3. The van der Waals surface area contributed by atoms with Crippen LogP contribution in [-0.4, -0.2) is 10.1 Å². The molecular formula is C11H11N3O. The number of rotatable bonds is 2. The van der Waals surface area contributed by atoms with Crippen molar-refractivity contribution < 1.29 is 5.11 Å². The Kier molecular flexibility index (Phi) is 2.41. The number of nitrogen functional groups attached to an aromatic ring is 1. The van der Waals surface area contributed by atoms with Crippen LogP contribution < -0.4 is 11.1 Å². The third kappa shape index (κ3) is 2.17.